The molecular formula is C17H24N2O4. The number of carbonyl (C=O) groups is 2. The molecule has 0 saturated carbocycles. The van der Waals surface area contributed by atoms with Gasteiger partial charge in [-0.05, 0) is 57.9 Å². The number of anilines is 1. The summed E-state index contributed by atoms with van der Waals surface area (Å²) < 4.78 is 5.38. The zero-order valence-electron chi connectivity index (χ0n) is 14.0. The Bertz CT molecular complexity index is 607. The highest BCUT2D eigenvalue weighted by Gasteiger charge is 2.29. The van der Waals surface area contributed by atoms with E-state index in [-0.39, 0.29) is 17.7 Å². The van der Waals surface area contributed by atoms with E-state index in [1.165, 1.54) is 0 Å². The summed E-state index contributed by atoms with van der Waals surface area (Å²) in [6.45, 7) is 8.65. The number of aromatic carboxylic acids is 1. The molecule has 126 valence electrons. The van der Waals surface area contributed by atoms with Crippen molar-refractivity contribution in [3.05, 3.63) is 29.3 Å². The molecule has 0 aromatic heterocycles. The number of nitrogens with zero attached hydrogens (tertiary/aromatic N) is 1. The number of carboxylic acid groups (broad SMARTS) is 1. The highest BCUT2D eigenvalue weighted by Crippen LogP contribution is 2.22. The first-order valence-corrected chi connectivity index (χ1v) is 7.74. The Labute approximate surface area is 136 Å². The van der Waals surface area contributed by atoms with E-state index in [9.17, 15) is 9.59 Å². The molecule has 2 rings (SSSR count). The van der Waals surface area contributed by atoms with Crippen LogP contribution in [0.3, 0.4) is 0 Å². The lowest BCUT2D eigenvalue weighted by atomic mass is 10.1. The Morgan fingerprint density at radius 3 is 2.61 bits per heavy atom. The summed E-state index contributed by atoms with van der Waals surface area (Å²) in [4.78, 5) is 24.7. The number of likely N-dealkylation sites (tertiary alicyclic amines) is 1. The van der Waals surface area contributed by atoms with Crippen LogP contribution < -0.4 is 5.32 Å². The number of benzene rings is 1. The minimum atomic E-state index is -0.934. The van der Waals surface area contributed by atoms with Crippen LogP contribution in [0.5, 0.6) is 0 Å². The summed E-state index contributed by atoms with van der Waals surface area (Å²) in [5.41, 5.74) is 1.55. The number of carboxylic acids is 1. The van der Waals surface area contributed by atoms with E-state index in [0.29, 0.717) is 13.1 Å². The molecule has 1 aromatic carbocycles. The van der Waals surface area contributed by atoms with Crippen LogP contribution in [0.2, 0.25) is 0 Å². The molecule has 6 nitrogen and oxygen atoms in total. The van der Waals surface area contributed by atoms with Gasteiger partial charge in [0.2, 0.25) is 0 Å². The molecule has 1 unspecified atom stereocenters. The Morgan fingerprint density at radius 1 is 1.35 bits per heavy atom. The summed E-state index contributed by atoms with van der Waals surface area (Å²) in [5, 5.41) is 12.4. The highest BCUT2D eigenvalue weighted by atomic mass is 16.6. The van der Waals surface area contributed by atoms with Crippen molar-refractivity contribution in [2.45, 2.75) is 45.8 Å². The van der Waals surface area contributed by atoms with E-state index in [0.717, 1.165) is 17.7 Å². The highest BCUT2D eigenvalue weighted by molar-refractivity contribution is 5.88. The van der Waals surface area contributed by atoms with Gasteiger partial charge in [0, 0.05) is 24.8 Å². The first-order valence-electron chi connectivity index (χ1n) is 7.74. The van der Waals surface area contributed by atoms with Gasteiger partial charge in [0.05, 0.1) is 5.56 Å². The molecule has 1 atom stereocenters. The van der Waals surface area contributed by atoms with Crippen LogP contribution in [0.15, 0.2) is 18.2 Å². The van der Waals surface area contributed by atoms with E-state index >= 15 is 0 Å². The van der Waals surface area contributed by atoms with Gasteiger partial charge in [0.15, 0.2) is 0 Å². The Balaban J connectivity index is 1.96. The predicted molar refractivity (Wildman–Crippen MR) is 88.0 cm³/mol. The van der Waals surface area contributed by atoms with E-state index in [4.69, 9.17) is 9.84 Å². The maximum Gasteiger partial charge on any atom is 0.410 e. The number of rotatable bonds is 3. The van der Waals surface area contributed by atoms with Crippen molar-refractivity contribution in [2.75, 3.05) is 18.4 Å². The standard InChI is InChI=1S/C17H24N2O4/c1-11-9-12(15(20)21)5-6-14(11)18-13-7-8-19(10-13)16(22)23-17(2,3)4/h5-6,9,13,18H,7-8,10H2,1-4H3,(H,20,21). The van der Waals surface area contributed by atoms with Crippen molar-refractivity contribution < 1.29 is 19.4 Å². The third-order valence-electron chi connectivity index (χ3n) is 3.67. The lowest BCUT2D eigenvalue weighted by molar-refractivity contribution is 0.0293. The number of hydrogen-bond donors (Lipinski definition) is 2. The van der Waals surface area contributed by atoms with Crippen molar-refractivity contribution in [3.63, 3.8) is 0 Å². The molecule has 1 aromatic rings. The van der Waals surface area contributed by atoms with Crippen LogP contribution in [0.1, 0.15) is 43.1 Å². The molecule has 0 spiro atoms. The molecule has 1 saturated heterocycles. The van der Waals surface area contributed by atoms with Crippen molar-refractivity contribution in [1.29, 1.82) is 0 Å². The summed E-state index contributed by atoms with van der Waals surface area (Å²) in [6, 6.07) is 5.13. The quantitative estimate of drug-likeness (QED) is 0.894. The maximum absolute atomic E-state index is 12.1. The SMILES string of the molecule is Cc1cc(C(=O)O)ccc1NC1CCN(C(=O)OC(C)(C)C)C1. The monoisotopic (exact) mass is 320 g/mol. The molecule has 1 aliphatic heterocycles. The molecule has 6 heteroatoms. The van der Waals surface area contributed by atoms with E-state index in [1.54, 1.807) is 23.1 Å². The summed E-state index contributed by atoms with van der Waals surface area (Å²) in [6.07, 6.45) is 0.541. The number of hydrogen-bond acceptors (Lipinski definition) is 4. The van der Waals surface area contributed by atoms with Gasteiger partial charge in [-0.25, -0.2) is 9.59 Å². The van der Waals surface area contributed by atoms with Crippen LogP contribution in [0.25, 0.3) is 0 Å². The normalized spacial score (nSPS) is 17.9. The first-order chi connectivity index (χ1) is 10.7. The molecule has 23 heavy (non-hydrogen) atoms. The number of carbonyl (C=O) groups excluding carboxylic acids is 1. The number of ether oxygens (including phenoxy) is 1. The summed E-state index contributed by atoms with van der Waals surface area (Å²) in [7, 11) is 0. The topological polar surface area (TPSA) is 78.9 Å². The lowest BCUT2D eigenvalue weighted by Gasteiger charge is -2.24. The molecule has 1 fully saturated rings. The smallest absolute Gasteiger partial charge is 0.410 e. The van der Waals surface area contributed by atoms with Gasteiger partial charge in [-0.3, -0.25) is 0 Å². The summed E-state index contributed by atoms with van der Waals surface area (Å²) >= 11 is 0. The second kappa shape index (κ2) is 6.48. The second-order valence-corrected chi connectivity index (χ2v) is 6.89. The van der Waals surface area contributed by atoms with Gasteiger partial charge in [-0.1, -0.05) is 0 Å². The Morgan fingerprint density at radius 2 is 2.04 bits per heavy atom. The first kappa shape index (κ1) is 17.1. The fraction of sp³-hybridized carbons (Fsp3) is 0.529. The zero-order chi connectivity index (χ0) is 17.2. The van der Waals surface area contributed by atoms with Crippen LogP contribution >= 0.6 is 0 Å². The minimum absolute atomic E-state index is 0.136. The van der Waals surface area contributed by atoms with E-state index in [1.807, 2.05) is 27.7 Å². The third kappa shape index (κ3) is 4.61. The molecular weight excluding hydrogens is 296 g/mol. The lowest BCUT2D eigenvalue weighted by Crippen LogP contribution is -2.36. The zero-order valence-corrected chi connectivity index (χ0v) is 14.0. The predicted octanol–water partition coefficient (Wildman–Crippen LogP) is 3.11. The van der Waals surface area contributed by atoms with Crippen LogP contribution in [-0.4, -0.2) is 46.8 Å². The minimum Gasteiger partial charge on any atom is -0.478 e. The molecule has 1 aliphatic rings. The maximum atomic E-state index is 12.1. The van der Waals surface area contributed by atoms with Gasteiger partial charge in [0.25, 0.3) is 0 Å². The fourth-order valence-corrected chi connectivity index (χ4v) is 2.55. The van der Waals surface area contributed by atoms with Gasteiger partial charge in [-0.2, -0.15) is 0 Å². The van der Waals surface area contributed by atoms with Gasteiger partial charge in [0.1, 0.15) is 5.60 Å². The van der Waals surface area contributed by atoms with Crippen molar-refractivity contribution in [1.82, 2.24) is 4.90 Å². The molecule has 2 N–H and O–H groups in total. The number of aryl methyl sites for hydroxylation is 1. The van der Waals surface area contributed by atoms with E-state index in [2.05, 4.69) is 5.32 Å². The van der Waals surface area contributed by atoms with Gasteiger partial charge < -0.3 is 20.1 Å². The van der Waals surface area contributed by atoms with Crippen LogP contribution in [0.4, 0.5) is 10.5 Å². The molecule has 1 heterocycles. The van der Waals surface area contributed by atoms with Gasteiger partial charge >= 0.3 is 12.1 Å². The molecule has 0 radical (unpaired) electrons. The van der Waals surface area contributed by atoms with Crippen molar-refractivity contribution in [2.24, 2.45) is 0 Å². The summed E-state index contributed by atoms with van der Waals surface area (Å²) in [5.74, 6) is -0.934. The Hall–Kier alpha value is -2.24. The van der Waals surface area contributed by atoms with Crippen LogP contribution in [-0.2, 0) is 4.74 Å². The molecule has 0 bridgehead atoms. The van der Waals surface area contributed by atoms with Crippen LogP contribution in [0, 0.1) is 6.92 Å². The average molecular weight is 320 g/mol. The second-order valence-electron chi connectivity index (χ2n) is 6.89. The van der Waals surface area contributed by atoms with Crippen molar-refractivity contribution >= 4 is 17.7 Å². The van der Waals surface area contributed by atoms with Crippen molar-refractivity contribution in [3.8, 4) is 0 Å². The average Bonchev–Trinajstić information content (AvgIpc) is 2.87. The number of nitrogens with one attached hydrogen (secondary N) is 1. The molecule has 1 amide bonds. The Kier molecular flexibility index (Phi) is 4.82. The third-order valence-corrected chi connectivity index (χ3v) is 3.67. The fourth-order valence-electron chi connectivity index (χ4n) is 2.55. The van der Waals surface area contributed by atoms with Gasteiger partial charge in [-0.15, -0.1) is 0 Å². The van der Waals surface area contributed by atoms with E-state index < -0.39 is 11.6 Å². The molecule has 0 aliphatic carbocycles. The largest absolute Gasteiger partial charge is 0.478 e. The number of amides is 1.